The molecule has 0 aliphatic heterocycles. The zero-order valence-corrected chi connectivity index (χ0v) is 9.03. The molecule has 2 aromatic heterocycles. The van der Waals surface area contributed by atoms with E-state index in [4.69, 9.17) is 5.73 Å². The number of pyridine rings is 1. The molecule has 0 radical (unpaired) electrons. The Morgan fingerprint density at radius 2 is 2.27 bits per heavy atom. The monoisotopic (exact) mass is 221 g/mol. The number of rotatable bonds is 2. The van der Waals surface area contributed by atoms with Gasteiger partial charge in [0.05, 0.1) is 4.88 Å². The fraction of sp³-hybridized carbons (Fsp3) is 0.200. The topological polar surface area (TPSA) is 72.0 Å². The lowest BCUT2D eigenvalue weighted by Crippen LogP contribution is -2.00. The minimum Gasteiger partial charge on any atom is -0.383 e. The van der Waals surface area contributed by atoms with Crippen molar-refractivity contribution in [3.63, 3.8) is 0 Å². The van der Waals surface area contributed by atoms with Gasteiger partial charge in [-0.15, -0.1) is 0 Å². The highest BCUT2D eigenvalue weighted by Gasteiger charge is 2.15. The summed E-state index contributed by atoms with van der Waals surface area (Å²) in [6, 6.07) is 1.86. The quantitative estimate of drug-likeness (QED) is 0.806. The van der Waals surface area contributed by atoms with Gasteiger partial charge in [0.15, 0.2) is 5.13 Å². The Morgan fingerprint density at radius 3 is 2.87 bits per heavy atom. The number of anilines is 1. The Labute approximate surface area is 91.4 Å². The van der Waals surface area contributed by atoms with Crippen molar-refractivity contribution in [3.8, 4) is 0 Å². The van der Waals surface area contributed by atoms with Gasteiger partial charge in [-0.25, -0.2) is 4.98 Å². The number of thiazole rings is 1. The van der Waals surface area contributed by atoms with Gasteiger partial charge >= 0.3 is 0 Å². The van der Waals surface area contributed by atoms with E-state index in [-0.39, 0.29) is 0 Å². The average Bonchev–Trinajstić information content (AvgIpc) is 2.65. The maximum atomic E-state index is 10.1. The van der Waals surface area contributed by atoms with Gasteiger partial charge in [0, 0.05) is 24.2 Å². The Morgan fingerprint density at radius 1 is 1.47 bits per heavy atom. The van der Waals surface area contributed by atoms with Crippen molar-refractivity contribution < 1.29 is 5.11 Å². The van der Waals surface area contributed by atoms with Crippen LogP contribution in [-0.2, 0) is 0 Å². The van der Waals surface area contributed by atoms with Crippen molar-refractivity contribution in [2.75, 3.05) is 5.73 Å². The van der Waals surface area contributed by atoms with Crippen molar-refractivity contribution in [3.05, 3.63) is 40.7 Å². The largest absolute Gasteiger partial charge is 0.383 e. The highest BCUT2D eigenvalue weighted by molar-refractivity contribution is 7.15. The molecular weight excluding hydrogens is 210 g/mol. The van der Waals surface area contributed by atoms with Crippen LogP contribution in [0.5, 0.6) is 0 Å². The third-order valence-electron chi connectivity index (χ3n) is 2.19. The molecule has 15 heavy (non-hydrogen) atoms. The number of aliphatic hydroxyl groups excluding tert-OH is 1. The zero-order valence-electron chi connectivity index (χ0n) is 8.21. The maximum absolute atomic E-state index is 10.1. The van der Waals surface area contributed by atoms with Crippen LogP contribution in [-0.4, -0.2) is 15.1 Å². The number of aliphatic hydroxyl groups is 1. The standard InChI is InChI=1S/C10H11N3OS/c1-6-2-3-12-4-7(6)9(14)8-5-13-10(11)15-8/h2-5,9,14H,1H3,(H2,11,13). The molecule has 0 spiro atoms. The first kappa shape index (κ1) is 10.1. The van der Waals surface area contributed by atoms with E-state index in [0.717, 1.165) is 16.0 Å². The predicted molar refractivity (Wildman–Crippen MR) is 59.6 cm³/mol. The van der Waals surface area contributed by atoms with Crippen LogP contribution in [0.25, 0.3) is 0 Å². The summed E-state index contributed by atoms with van der Waals surface area (Å²) in [4.78, 5) is 8.64. The summed E-state index contributed by atoms with van der Waals surface area (Å²) >= 11 is 1.29. The summed E-state index contributed by atoms with van der Waals surface area (Å²) in [7, 11) is 0. The van der Waals surface area contributed by atoms with Crippen LogP contribution in [0.2, 0.25) is 0 Å². The summed E-state index contributed by atoms with van der Waals surface area (Å²) in [6.45, 7) is 1.94. The second kappa shape index (κ2) is 3.96. The van der Waals surface area contributed by atoms with Crippen LogP contribution in [0.15, 0.2) is 24.7 Å². The molecule has 0 bridgehead atoms. The van der Waals surface area contributed by atoms with Crippen LogP contribution in [0.1, 0.15) is 22.1 Å². The van der Waals surface area contributed by atoms with Crippen LogP contribution >= 0.6 is 11.3 Å². The number of aryl methyl sites for hydroxylation is 1. The molecule has 2 rings (SSSR count). The second-order valence-electron chi connectivity index (χ2n) is 3.24. The molecule has 3 N–H and O–H groups in total. The van der Waals surface area contributed by atoms with Crippen molar-refractivity contribution >= 4 is 16.5 Å². The van der Waals surface area contributed by atoms with Gasteiger partial charge in [0.25, 0.3) is 0 Å². The first-order valence-corrected chi connectivity index (χ1v) is 5.30. The molecule has 0 aromatic carbocycles. The first-order chi connectivity index (χ1) is 7.18. The van der Waals surface area contributed by atoms with E-state index in [1.165, 1.54) is 11.3 Å². The minimum atomic E-state index is -0.687. The second-order valence-corrected chi connectivity index (χ2v) is 4.33. The van der Waals surface area contributed by atoms with E-state index in [0.29, 0.717) is 5.13 Å². The van der Waals surface area contributed by atoms with Gasteiger partial charge in [-0.05, 0) is 18.6 Å². The third kappa shape index (κ3) is 1.98. The van der Waals surface area contributed by atoms with Crippen LogP contribution < -0.4 is 5.73 Å². The number of aromatic nitrogens is 2. The van der Waals surface area contributed by atoms with Crippen LogP contribution in [0.4, 0.5) is 5.13 Å². The molecule has 0 aliphatic rings. The van der Waals surface area contributed by atoms with Crippen molar-refractivity contribution in [1.82, 2.24) is 9.97 Å². The zero-order chi connectivity index (χ0) is 10.8. The molecule has 0 saturated carbocycles. The lowest BCUT2D eigenvalue weighted by atomic mass is 10.1. The van der Waals surface area contributed by atoms with Gasteiger partial charge in [0.2, 0.25) is 0 Å². The molecular formula is C10H11N3OS. The number of nitrogen functional groups attached to an aromatic ring is 1. The first-order valence-electron chi connectivity index (χ1n) is 4.48. The third-order valence-corrected chi connectivity index (χ3v) is 3.06. The normalized spacial score (nSPS) is 12.7. The molecule has 1 unspecified atom stereocenters. The lowest BCUT2D eigenvalue weighted by molar-refractivity contribution is 0.222. The maximum Gasteiger partial charge on any atom is 0.180 e. The molecule has 2 heterocycles. The molecule has 2 aromatic rings. The SMILES string of the molecule is Cc1ccncc1C(O)c1cnc(N)s1. The van der Waals surface area contributed by atoms with Gasteiger partial charge < -0.3 is 10.8 Å². The summed E-state index contributed by atoms with van der Waals surface area (Å²) in [5.41, 5.74) is 7.31. The summed E-state index contributed by atoms with van der Waals surface area (Å²) < 4.78 is 0. The number of hydrogen-bond donors (Lipinski definition) is 2. The smallest absolute Gasteiger partial charge is 0.180 e. The fourth-order valence-corrected chi connectivity index (χ4v) is 2.03. The number of nitrogens with two attached hydrogens (primary N) is 1. The molecule has 0 aliphatic carbocycles. The van der Waals surface area contributed by atoms with E-state index in [9.17, 15) is 5.11 Å². The molecule has 4 nitrogen and oxygen atoms in total. The Kier molecular flexibility index (Phi) is 2.66. The molecule has 0 amide bonds. The van der Waals surface area contributed by atoms with Crippen molar-refractivity contribution in [2.24, 2.45) is 0 Å². The molecule has 0 fully saturated rings. The Hall–Kier alpha value is -1.46. The molecule has 78 valence electrons. The molecule has 1 atom stereocenters. The molecule has 0 saturated heterocycles. The van der Waals surface area contributed by atoms with Gasteiger partial charge in [-0.2, -0.15) is 0 Å². The average molecular weight is 221 g/mol. The van der Waals surface area contributed by atoms with E-state index in [1.54, 1.807) is 18.6 Å². The van der Waals surface area contributed by atoms with Crippen LogP contribution in [0.3, 0.4) is 0 Å². The lowest BCUT2D eigenvalue weighted by Gasteiger charge is -2.10. The Bertz CT molecular complexity index is 469. The molecule has 5 heteroatoms. The van der Waals surface area contributed by atoms with Gasteiger partial charge in [-0.3, -0.25) is 4.98 Å². The van der Waals surface area contributed by atoms with E-state index < -0.39 is 6.10 Å². The minimum absolute atomic E-state index is 0.464. The van der Waals surface area contributed by atoms with E-state index in [2.05, 4.69) is 9.97 Å². The summed E-state index contributed by atoms with van der Waals surface area (Å²) in [6.07, 6.45) is 4.27. The van der Waals surface area contributed by atoms with Crippen molar-refractivity contribution in [2.45, 2.75) is 13.0 Å². The van der Waals surface area contributed by atoms with Gasteiger partial charge in [-0.1, -0.05) is 11.3 Å². The van der Waals surface area contributed by atoms with E-state index in [1.807, 2.05) is 13.0 Å². The highest BCUT2D eigenvalue weighted by Crippen LogP contribution is 2.28. The van der Waals surface area contributed by atoms with Gasteiger partial charge in [0.1, 0.15) is 6.10 Å². The summed E-state index contributed by atoms with van der Waals surface area (Å²) in [5, 5.41) is 10.5. The Balaban J connectivity index is 2.36. The summed E-state index contributed by atoms with van der Waals surface area (Å²) in [5.74, 6) is 0. The highest BCUT2D eigenvalue weighted by atomic mass is 32.1. The predicted octanol–water partition coefficient (Wildman–Crippen LogP) is 1.51. The fourth-order valence-electron chi connectivity index (χ4n) is 1.34. The number of hydrogen-bond acceptors (Lipinski definition) is 5. The van der Waals surface area contributed by atoms with E-state index >= 15 is 0 Å². The number of nitrogens with zero attached hydrogens (tertiary/aromatic N) is 2. The van der Waals surface area contributed by atoms with Crippen molar-refractivity contribution in [1.29, 1.82) is 0 Å². The van der Waals surface area contributed by atoms with Crippen LogP contribution in [0, 0.1) is 6.92 Å².